The zero-order valence-corrected chi connectivity index (χ0v) is 13.3. The summed E-state index contributed by atoms with van der Waals surface area (Å²) in [6, 6.07) is 0. The molecule has 1 aliphatic rings. The van der Waals surface area contributed by atoms with Crippen molar-refractivity contribution in [3.8, 4) is 0 Å². The van der Waals surface area contributed by atoms with E-state index in [0.717, 1.165) is 43.0 Å². The van der Waals surface area contributed by atoms with Crippen molar-refractivity contribution in [2.24, 2.45) is 0 Å². The summed E-state index contributed by atoms with van der Waals surface area (Å²) in [5, 5.41) is 3.99. The molecule has 0 aliphatic carbocycles. The molecule has 0 bridgehead atoms. The van der Waals surface area contributed by atoms with Crippen LogP contribution in [0.15, 0.2) is 0 Å². The molecule has 2 rings (SSSR count). The fraction of sp³-hybridized carbons (Fsp3) is 0.733. The second-order valence-electron chi connectivity index (χ2n) is 5.48. The smallest absolute Gasteiger partial charge is 0.137 e. The zero-order chi connectivity index (χ0) is 14.4. The first-order valence-electron chi connectivity index (χ1n) is 7.70. The van der Waals surface area contributed by atoms with Crippen LogP contribution in [0.4, 0.5) is 5.82 Å². The predicted molar refractivity (Wildman–Crippen MR) is 84.6 cm³/mol. The van der Waals surface area contributed by atoms with E-state index in [1.165, 1.54) is 32.5 Å². The lowest BCUT2D eigenvalue weighted by atomic mass is 10.3. The lowest BCUT2D eigenvalue weighted by Gasteiger charge is -2.15. The fourth-order valence-corrected chi connectivity index (χ4v) is 2.74. The molecule has 0 radical (unpaired) electrons. The van der Waals surface area contributed by atoms with Gasteiger partial charge in [-0.25, -0.2) is 9.97 Å². The van der Waals surface area contributed by atoms with Crippen molar-refractivity contribution in [1.82, 2.24) is 14.9 Å². The average Bonchev–Trinajstić information content (AvgIpc) is 2.93. The molecule has 20 heavy (non-hydrogen) atoms. The van der Waals surface area contributed by atoms with E-state index in [1.54, 1.807) is 0 Å². The highest BCUT2D eigenvalue weighted by atomic mass is 35.5. The number of rotatable bonds is 7. The van der Waals surface area contributed by atoms with E-state index >= 15 is 0 Å². The summed E-state index contributed by atoms with van der Waals surface area (Å²) in [4.78, 5) is 11.4. The third-order valence-electron chi connectivity index (χ3n) is 3.75. The number of aromatic nitrogens is 2. The van der Waals surface area contributed by atoms with Crippen LogP contribution < -0.4 is 5.32 Å². The van der Waals surface area contributed by atoms with E-state index < -0.39 is 0 Å². The third kappa shape index (κ3) is 4.32. The van der Waals surface area contributed by atoms with Crippen molar-refractivity contribution in [3.05, 3.63) is 16.5 Å². The molecule has 2 heterocycles. The van der Waals surface area contributed by atoms with Crippen LogP contribution in [0.25, 0.3) is 0 Å². The van der Waals surface area contributed by atoms with Crippen LogP contribution in [-0.4, -0.2) is 41.0 Å². The van der Waals surface area contributed by atoms with Crippen molar-refractivity contribution in [2.45, 2.75) is 46.0 Å². The van der Waals surface area contributed by atoms with Gasteiger partial charge >= 0.3 is 0 Å². The van der Waals surface area contributed by atoms with Crippen LogP contribution in [-0.2, 0) is 6.42 Å². The second-order valence-corrected chi connectivity index (χ2v) is 5.84. The number of hydrogen-bond donors (Lipinski definition) is 1. The first-order valence-corrected chi connectivity index (χ1v) is 8.07. The highest BCUT2D eigenvalue weighted by Crippen LogP contribution is 2.20. The Morgan fingerprint density at radius 3 is 2.70 bits per heavy atom. The maximum atomic E-state index is 6.17. The van der Waals surface area contributed by atoms with Crippen molar-refractivity contribution in [2.75, 3.05) is 31.5 Å². The molecule has 0 amide bonds. The number of hydrogen-bond acceptors (Lipinski definition) is 4. The van der Waals surface area contributed by atoms with E-state index in [2.05, 4.69) is 27.1 Å². The minimum absolute atomic E-state index is 0.575. The summed E-state index contributed by atoms with van der Waals surface area (Å²) in [6.45, 7) is 8.74. The Kier molecular flexibility index (Phi) is 6.05. The van der Waals surface area contributed by atoms with Crippen LogP contribution in [0.2, 0.25) is 5.15 Å². The monoisotopic (exact) mass is 296 g/mol. The second kappa shape index (κ2) is 7.79. The molecule has 0 aromatic carbocycles. The molecule has 0 spiro atoms. The molecule has 1 fully saturated rings. The molecule has 4 nitrogen and oxygen atoms in total. The molecule has 0 atom stereocenters. The summed E-state index contributed by atoms with van der Waals surface area (Å²) in [6.07, 6.45) is 5.77. The zero-order valence-electron chi connectivity index (χ0n) is 12.6. The van der Waals surface area contributed by atoms with Gasteiger partial charge in [-0.1, -0.05) is 18.5 Å². The molecule has 1 aromatic heterocycles. The Labute approximate surface area is 126 Å². The van der Waals surface area contributed by atoms with Gasteiger partial charge < -0.3 is 10.2 Å². The molecule has 0 saturated carbocycles. The summed E-state index contributed by atoms with van der Waals surface area (Å²) in [5.74, 6) is 1.74. The first kappa shape index (κ1) is 15.5. The minimum atomic E-state index is 0.575. The van der Waals surface area contributed by atoms with Gasteiger partial charge in [0.05, 0.1) is 0 Å². The standard InChI is InChI=1S/C15H25ClN4/c1-3-7-13-18-14(16)12(2)15(19-13)17-8-6-11-20-9-4-5-10-20/h3-11H2,1-2H3,(H,17,18,19). The largest absolute Gasteiger partial charge is 0.370 e. The fourth-order valence-electron chi connectivity index (χ4n) is 2.56. The Hall–Kier alpha value is -0.870. The Morgan fingerprint density at radius 1 is 1.25 bits per heavy atom. The minimum Gasteiger partial charge on any atom is -0.370 e. The molecule has 1 aromatic rings. The van der Waals surface area contributed by atoms with E-state index in [-0.39, 0.29) is 0 Å². The highest BCUT2D eigenvalue weighted by molar-refractivity contribution is 6.30. The Bertz CT molecular complexity index is 430. The summed E-state index contributed by atoms with van der Waals surface area (Å²) in [5.41, 5.74) is 0.952. The van der Waals surface area contributed by atoms with Gasteiger partial charge in [0.2, 0.25) is 0 Å². The van der Waals surface area contributed by atoms with E-state index in [1.807, 2.05) is 6.92 Å². The number of aryl methyl sites for hydroxylation is 1. The van der Waals surface area contributed by atoms with Crippen LogP contribution in [0.5, 0.6) is 0 Å². The van der Waals surface area contributed by atoms with Crippen LogP contribution >= 0.6 is 11.6 Å². The van der Waals surface area contributed by atoms with Gasteiger partial charge in [-0.15, -0.1) is 0 Å². The van der Waals surface area contributed by atoms with Gasteiger partial charge in [-0.3, -0.25) is 0 Å². The van der Waals surface area contributed by atoms with Gasteiger partial charge in [0.15, 0.2) is 0 Å². The quantitative estimate of drug-likeness (QED) is 0.619. The molecule has 112 valence electrons. The van der Waals surface area contributed by atoms with Gasteiger partial charge in [0.25, 0.3) is 0 Å². The topological polar surface area (TPSA) is 41.1 Å². The molecule has 5 heteroatoms. The molecule has 1 N–H and O–H groups in total. The highest BCUT2D eigenvalue weighted by Gasteiger charge is 2.11. The summed E-state index contributed by atoms with van der Waals surface area (Å²) in [7, 11) is 0. The maximum absolute atomic E-state index is 6.17. The van der Waals surface area contributed by atoms with Gasteiger partial charge in [0.1, 0.15) is 16.8 Å². The molecule has 0 unspecified atom stereocenters. The summed E-state index contributed by atoms with van der Waals surface area (Å²) >= 11 is 6.17. The SMILES string of the molecule is CCCc1nc(Cl)c(C)c(NCCCN2CCCC2)n1. The number of likely N-dealkylation sites (tertiary alicyclic amines) is 1. The van der Waals surface area contributed by atoms with Crippen molar-refractivity contribution < 1.29 is 0 Å². The lowest BCUT2D eigenvalue weighted by Crippen LogP contribution is -2.22. The van der Waals surface area contributed by atoms with E-state index in [4.69, 9.17) is 11.6 Å². The Balaban J connectivity index is 1.84. The van der Waals surface area contributed by atoms with Crippen LogP contribution in [0.3, 0.4) is 0 Å². The predicted octanol–water partition coefficient (Wildman–Crippen LogP) is 3.29. The van der Waals surface area contributed by atoms with E-state index in [0.29, 0.717) is 5.15 Å². The number of nitrogens with one attached hydrogen (secondary N) is 1. The van der Waals surface area contributed by atoms with Crippen LogP contribution in [0.1, 0.15) is 44.0 Å². The first-order chi connectivity index (χ1) is 9.70. The lowest BCUT2D eigenvalue weighted by molar-refractivity contribution is 0.337. The molecular formula is C15H25ClN4. The maximum Gasteiger partial charge on any atom is 0.137 e. The van der Waals surface area contributed by atoms with Gasteiger partial charge in [-0.05, 0) is 52.2 Å². The number of halogens is 1. The van der Waals surface area contributed by atoms with Crippen molar-refractivity contribution in [3.63, 3.8) is 0 Å². The van der Waals surface area contributed by atoms with Gasteiger partial charge in [-0.2, -0.15) is 0 Å². The number of anilines is 1. The summed E-state index contributed by atoms with van der Waals surface area (Å²) < 4.78 is 0. The van der Waals surface area contributed by atoms with Crippen LogP contribution in [0, 0.1) is 6.92 Å². The molecular weight excluding hydrogens is 272 g/mol. The molecule has 1 saturated heterocycles. The van der Waals surface area contributed by atoms with E-state index in [9.17, 15) is 0 Å². The third-order valence-corrected chi connectivity index (χ3v) is 4.12. The van der Waals surface area contributed by atoms with Gasteiger partial charge in [0, 0.05) is 18.5 Å². The van der Waals surface area contributed by atoms with Crippen molar-refractivity contribution >= 4 is 17.4 Å². The normalized spacial score (nSPS) is 15.8. The Morgan fingerprint density at radius 2 is 2.00 bits per heavy atom. The molecule has 1 aliphatic heterocycles. The number of nitrogens with zero attached hydrogens (tertiary/aromatic N) is 3. The van der Waals surface area contributed by atoms with Crippen molar-refractivity contribution in [1.29, 1.82) is 0 Å². The average molecular weight is 297 g/mol.